The molecular formula is C12H14N2O3. The molecule has 1 aromatic heterocycles. The van der Waals surface area contributed by atoms with E-state index >= 15 is 0 Å². The zero-order valence-corrected chi connectivity index (χ0v) is 9.56. The van der Waals surface area contributed by atoms with Crippen LogP contribution in [0.5, 0.6) is 0 Å². The summed E-state index contributed by atoms with van der Waals surface area (Å²) < 4.78 is 5.42. The van der Waals surface area contributed by atoms with Gasteiger partial charge in [-0.15, -0.1) is 0 Å². The lowest BCUT2D eigenvalue weighted by atomic mass is 10.2. The van der Waals surface area contributed by atoms with Gasteiger partial charge in [0.05, 0.1) is 6.42 Å². The predicted octanol–water partition coefficient (Wildman–Crippen LogP) is 1.70. The van der Waals surface area contributed by atoms with Gasteiger partial charge >= 0.3 is 5.97 Å². The third kappa shape index (κ3) is 3.04. The number of aryl methyl sites for hydroxylation is 1. The van der Waals surface area contributed by atoms with Crippen LogP contribution in [0, 0.1) is 6.92 Å². The second kappa shape index (κ2) is 4.97. The summed E-state index contributed by atoms with van der Waals surface area (Å²) in [4.78, 5) is 14.5. The number of oxazole rings is 1. The number of nitrogens with one attached hydrogen (secondary N) is 1. The summed E-state index contributed by atoms with van der Waals surface area (Å²) in [5, 5.41) is 11.6. The number of benzene rings is 1. The fraction of sp³-hybridized carbons (Fsp3) is 0.333. The number of aliphatic carboxylic acids is 1. The topological polar surface area (TPSA) is 75.4 Å². The first-order chi connectivity index (χ1) is 8.15. The molecule has 1 heterocycles. The van der Waals surface area contributed by atoms with Crippen molar-refractivity contribution in [2.75, 3.05) is 6.54 Å². The third-order valence-corrected chi connectivity index (χ3v) is 2.40. The Morgan fingerprint density at radius 3 is 3.12 bits per heavy atom. The van der Waals surface area contributed by atoms with E-state index in [1.54, 1.807) is 0 Å². The van der Waals surface area contributed by atoms with Gasteiger partial charge in [-0.05, 0) is 17.7 Å². The van der Waals surface area contributed by atoms with E-state index in [2.05, 4.69) is 10.3 Å². The van der Waals surface area contributed by atoms with Crippen molar-refractivity contribution < 1.29 is 14.3 Å². The number of carbonyl (C=O) groups is 1. The maximum absolute atomic E-state index is 10.3. The summed E-state index contributed by atoms with van der Waals surface area (Å²) in [7, 11) is 0. The molecule has 2 rings (SSSR count). The minimum atomic E-state index is -0.793. The van der Waals surface area contributed by atoms with Crippen LogP contribution in [0.1, 0.15) is 17.9 Å². The van der Waals surface area contributed by atoms with Gasteiger partial charge in [0.2, 0.25) is 0 Å². The van der Waals surface area contributed by atoms with Gasteiger partial charge in [-0.2, -0.15) is 0 Å². The lowest BCUT2D eigenvalue weighted by Crippen LogP contribution is -2.17. The van der Waals surface area contributed by atoms with Crippen molar-refractivity contribution in [3.8, 4) is 0 Å². The molecule has 17 heavy (non-hydrogen) atoms. The van der Waals surface area contributed by atoms with E-state index in [0.29, 0.717) is 19.0 Å². The highest BCUT2D eigenvalue weighted by atomic mass is 16.4. The van der Waals surface area contributed by atoms with Crippen LogP contribution in [0.2, 0.25) is 0 Å². The minimum absolute atomic E-state index is 0.129. The van der Waals surface area contributed by atoms with Gasteiger partial charge in [0.1, 0.15) is 5.52 Å². The summed E-state index contributed by atoms with van der Waals surface area (Å²) >= 11 is 0. The van der Waals surface area contributed by atoms with Crippen molar-refractivity contribution in [2.45, 2.75) is 19.9 Å². The second-order valence-electron chi connectivity index (χ2n) is 3.86. The quantitative estimate of drug-likeness (QED) is 0.770. The van der Waals surface area contributed by atoms with Crippen LogP contribution in [0.15, 0.2) is 22.6 Å². The van der Waals surface area contributed by atoms with Crippen molar-refractivity contribution >= 4 is 17.1 Å². The summed E-state index contributed by atoms with van der Waals surface area (Å²) in [6.45, 7) is 2.90. The smallest absolute Gasteiger partial charge is 0.304 e. The molecule has 0 saturated carbocycles. The molecule has 5 nitrogen and oxygen atoms in total. The van der Waals surface area contributed by atoms with E-state index in [4.69, 9.17) is 9.52 Å². The largest absolute Gasteiger partial charge is 0.481 e. The molecule has 90 valence electrons. The van der Waals surface area contributed by atoms with Crippen LogP contribution < -0.4 is 5.32 Å². The number of carboxylic acids is 1. The molecule has 0 atom stereocenters. The van der Waals surface area contributed by atoms with Crippen molar-refractivity contribution in [2.24, 2.45) is 0 Å². The van der Waals surface area contributed by atoms with Crippen LogP contribution in [0.3, 0.4) is 0 Å². The predicted molar refractivity (Wildman–Crippen MR) is 62.7 cm³/mol. The van der Waals surface area contributed by atoms with Crippen molar-refractivity contribution in [3.05, 3.63) is 29.7 Å². The van der Waals surface area contributed by atoms with Crippen LogP contribution in [-0.4, -0.2) is 22.6 Å². The van der Waals surface area contributed by atoms with E-state index in [0.717, 1.165) is 16.7 Å². The average molecular weight is 234 g/mol. The van der Waals surface area contributed by atoms with Crippen molar-refractivity contribution in [3.63, 3.8) is 0 Å². The molecule has 1 aromatic carbocycles. The van der Waals surface area contributed by atoms with E-state index in [-0.39, 0.29) is 6.42 Å². The normalized spacial score (nSPS) is 10.9. The SMILES string of the molecule is Cc1nc2ccc(CNCCC(=O)O)cc2o1. The Labute approximate surface area is 98.5 Å². The Morgan fingerprint density at radius 1 is 1.53 bits per heavy atom. The number of carboxylic acid groups (broad SMARTS) is 1. The number of nitrogens with zero attached hydrogens (tertiary/aromatic N) is 1. The van der Waals surface area contributed by atoms with Gasteiger partial charge in [-0.25, -0.2) is 4.98 Å². The van der Waals surface area contributed by atoms with Gasteiger partial charge < -0.3 is 14.8 Å². The number of hydrogen-bond acceptors (Lipinski definition) is 4. The maximum Gasteiger partial charge on any atom is 0.304 e. The maximum atomic E-state index is 10.3. The number of aromatic nitrogens is 1. The first kappa shape index (κ1) is 11.6. The highest BCUT2D eigenvalue weighted by molar-refractivity contribution is 5.73. The third-order valence-electron chi connectivity index (χ3n) is 2.40. The summed E-state index contributed by atoms with van der Waals surface area (Å²) in [5.74, 6) is -0.144. The van der Waals surface area contributed by atoms with Crippen molar-refractivity contribution in [1.82, 2.24) is 10.3 Å². The van der Waals surface area contributed by atoms with Crippen LogP contribution in [-0.2, 0) is 11.3 Å². The zero-order chi connectivity index (χ0) is 12.3. The number of fused-ring (bicyclic) bond motifs is 1. The Balaban J connectivity index is 1.96. The van der Waals surface area contributed by atoms with Crippen LogP contribution in [0.4, 0.5) is 0 Å². The zero-order valence-electron chi connectivity index (χ0n) is 9.56. The fourth-order valence-electron chi connectivity index (χ4n) is 1.62. The fourth-order valence-corrected chi connectivity index (χ4v) is 1.62. The summed E-state index contributed by atoms with van der Waals surface area (Å²) in [6.07, 6.45) is 0.129. The molecule has 2 aromatic rings. The van der Waals surface area contributed by atoms with Crippen LogP contribution >= 0.6 is 0 Å². The van der Waals surface area contributed by atoms with Gasteiger partial charge in [-0.1, -0.05) is 6.07 Å². The van der Waals surface area contributed by atoms with Gasteiger partial charge in [0.25, 0.3) is 0 Å². The summed E-state index contributed by atoms with van der Waals surface area (Å²) in [5.41, 5.74) is 2.66. The molecule has 0 radical (unpaired) electrons. The minimum Gasteiger partial charge on any atom is -0.481 e. The number of rotatable bonds is 5. The van der Waals surface area contributed by atoms with Gasteiger partial charge in [-0.3, -0.25) is 4.79 Å². The lowest BCUT2D eigenvalue weighted by molar-refractivity contribution is -0.136. The molecule has 2 N–H and O–H groups in total. The van der Waals surface area contributed by atoms with E-state index in [9.17, 15) is 4.79 Å². The molecular weight excluding hydrogens is 220 g/mol. The standard InChI is InChI=1S/C12H14N2O3/c1-8-14-10-3-2-9(6-11(10)17-8)7-13-5-4-12(15)16/h2-3,6,13H,4-5,7H2,1H3,(H,15,16). The molecule has 0 aliphatic rings. The first-order valence-corrected chi connectivity index (χ1v) is 5.44. The molecule has 0 bridgehead atoms. The lowest BCUT2D eigenvalue weighted by Gasteiger charge is -2.02. The average Bonchev–Trinajstić information content (AvgIpc) is 2.63. The molecule has 5 heteroatoms. The van der Waals surface area contributed by atoms with Gasteiger partial charge in [0.15, 0.2) is 11.5 Å². The molecule has 0 fully saturated rings. The molecule has 0 spiro atoms. The number of hydrogen-bond donors (Lipinski definition) is 2. The molecule has 0 aliphatic carbocycles. The van der Waals surface area contributed by atoms with E-state index in [1.165, 1.54) is 0 Å². The monoisotopic (exact) mass is 234 g/mol. The van der Waals surface area contributed by atoms with Gasteiger partial charge in [0, 0.05) is 20.0 Å². The van der Waals surface area contributed by atoms with E-state index < -0.39 is 5.97 Å². The molecule has 0 saturated heterocycles. The Kier molecular flexibility index (Phi) is 3.39. The highest BCUT2D eigenvalue weighted by Crippen LogP contribution is 2.16. The highest BCUT2D eigenvalue weighted by Gasteiger charge is 2.03. The molecule has 0 unspecified atom stereocenters. The first-order valence-electron chi connectivity index (χ1n) is 5.44. The van der Waals surface area contributed by atoms with E-state index in [1.807, 2.05) is 25.1 Å². The Morgan fingerprint density at radius 2 is 2.35 bits per heavy atom. The Hall–Kier alpha value is -1.88. The Bertz CT molecular complexity index is 534. The summed E-state index contributed by atoms with van der Waals surface area (Å²) in [6, 6.07) is 5.78. The van der Waals surface area contributed by atoms with Crippen LogP contribution in [0.25, 0.3) is 11.1 Å². The van der Waals surface area contributed by atoms with Crippen molar-refractivity contribution in [1.29, 1.82) is 0 Å². The second-order valence-corrected chi connectivity index (χ2v) is 3.86. The molecule has 0 amide bonds. The molecule has 0 aliphatic heterocycles.